The smallest absolute Gasteiger partial charge is 0.250 e. The second-order valence-electron chi connectivity index (χ2n) is 6.17. The van der Waals surface area contributed by atoms with E-state index in [0.717, 1.165) is 5.56 Å². The number of nitrogens with two attached hydrogens (primary N) is 1. The summed E-state index contributed by atoms with van der Waals surface area (Å²) in [6, 6.07) is 3.58. The maximum Gasteiger partial charge on any atom is 0.250 e. The Balaban J connectivity index is 1.79. The first kappa shape index (κ1) is 17.4. The van der Waals surface area contributed by atoms with Crippen LogP contribution >= 0.6 is 11.3 Å². The van der Waals surface area contributed by atoms with Gasteiger partial charge in [-0.25, -0.2) is 4.98 Å². The molecule has 1 amide bonds. The molecule has 0 bridgehead atoms. The summed E-state index contributed by atoms with van der Waals surface area (Å²) in [5, 5.41) is 2.35. The van der Waals surface area contributed by atoms with Crippen molar-refractivity contribution in [2.75, 3.05) is 13.2 Å². The van der Waals surface area contributed by atoms with E-state index in [-0.39, 0.29) is 11.7 Å². The molecule has 4 rings (SSSR count). The van der Waals surface area contributed by atoms with Crippen molar-refractivity contribution in [3.05, 3.63) is 53.6 Å². The SMILES string of the molecule is NC(=O)c1cncc(-c2nc(C(=O)[C@@H]3CCOC3)cs2)c1-c1ccncc1. The Hall–Kier alpha value is -2.97. The molecule has 2 N–H and O–H groups in total. The van der Waals surface area contributed by atoms with E-state index in [1.54, 1.807) is 36.1 Å². The number of hydrogen-bond acceptors (Lipinski definition) is 7. The zero-order valence-corrected chi connectivity index (χ0v) is 15.1. The van der Waals surface area contributed by atoms with Gasteiger partial charge in [-0.1, -0.05) is 0 Å². The molecule has 1 atom stereocenters. The summed E-state index contributed by atoms with van der Waals surface area (Å²) in [4.78, 5) is 37.2. The van der Waals surface area contributed by atoms with Crippen molar-refractivity contribution in [2.24, 2.45) is 11.7 Å². The predicted octanol–water partition coefficient (Wildman–Crippen LogP) is 2.59. The summed E-state index contributed by atoms with van der Waals surface area (Å²) in [6.45, 7) is 1.04. The average Bonchev–Trinajstić information content (AvgIpc) is 3.39. The third-order valence-electron chi connectivity index (χ3n) is 4.47. The van der Waals surface area contributed by atoms with Crippen LogP contribution in [0, 0.1) is 5.92 Å². The summed E-state index contributed by atoms with van der Waals surface area (Å²) in [7, 11) is 0. The van der Waals surface area contributed by atoms with E-state index >= 15 is 0 Å². The Kier molecular flexibility index (Phi) is 4.74. The first-order valence-corrected chi connectivity index (χ1v) is 9.29. The van der Waals surface area contributed by atoms with Gasteiger partial charge in [-0.15, -0.1) is 11.3 Å². The predicted molar refractivity (Wildman–Crippen MR) is 100 cm³/mol. The minimum Gasteiger partial charge on any atom is -0.381 e. The molecule has 3 aromatic heterocycles. The quantitative estimate of drug-likeness (QED) is 0.682. The molecule has 0 aliphatic carbocycles. The van der Waals surface area contributed by atoms with Gasteiger partial charge in [0.25, 0.3) is 5.91 Å². The number of nitrogens with zero attached hydrogens (tertiary/aromatic N) is 3. The van der Waals surface area contributed by atoms with Crippen LogP contribution in [0.3, 0.4) is 0 Å². The summed E-state index contributed by atoms with van der Waals surface area (Å²) >= 11 is 1.34. The molecule has 136 valence electrons. The Morgan fingerprint density at radius 2 is 2.00 bits per heavy atom. The maximum absolute atomic E-state index is 12.6. The molecule has 0 saturated carbocycles. The van der Waals surface area contributed by atoms with Gasteiger partial charge in [0.15, 0.2) is 5.78 Å². The van der Waals surface area contributed by atoms with Crippen LogP contribution in [0.1, 0.15) is 27.3 Å². The normalized spacial score (nSPS) is 16.4. The number of amides is 1. The average molecular weight is 380 g/mol. The van der Waals surface area contributed by atoms with Gasteiger partial charge in [-0.05, 0) is 24.1 Å². The van der Waals surface area contributed by atoms with E-state index in [2.05, 4.69) is 15.0 Å². The number of hydrogen-bond donors (Lipinski definition) is 1. The fourth-order valence-corrected chi connectivity index (χ4v) is 3.93. The van der Waals surface area contributed by atoms with E-state index in [4.69, 9.17) is 10.5 Å². The van der Waals surface area contributed by atoms with E-state index in [0.29, 0.717) is 47.0 Å². The molecular weight excluding hydrogens is 364 g/mol. The van der Waals surface area contributed by atoms with E-state index in [1.165, 1.54) is 17.5 Å². The minimum absolute atomic E-state index is 0.0144. The molecule has 1 saturated heterocycles. The van der Waals surface area contributed by atoms with Gasteiger partial charge in [-0.2, -0.15) is 0 Å². The van der Waals surface area contributed by atoms with Crippen molar-refractivity contribution < 1.29 is 14.3 Å². The summed E-state index contributed by atoms with van der Waals surface area (Å²) < 4.78 is 5.30. The first-order chi connectivity index (χ1) is 13.1. The van der Waals surface area contributed by atoms with Gasteiger partial charge in [0.2, 0.25) is 0 Å². The minimum atomic E-state index is -0.577. The molecule has 0 spiro atoms. The molecule has 1 aliphatic heterocycles. The van der Waals surface area contributed by atoms with E-state index in [1.807, 2.05) is 0 Å². The molecule has 0 unspecified atom stereocenters. The number of pyridine rings is 2. The topological polar surface area (TPSA) is 108 Å². The second kappa shape index (κ2) is 7.34. The van der Waals surface area contributed by atoms with Crippen LogP contribution in [0.15, 0.2) is 42.3 Å². The second-order valence-corrected chi connectivity index (χ2v) is 7.03. The van der Waals surface area contributed by atoms with Crippen LogP contribution < -0.4 is 5.73 Å². The van der Waals surface area contributed by atoms with Crippen LogP contribution in [0.5, 0.6) is 0 Å². The van der Waals surface area contributed by atoms with Gasteiger partial charge < -0.3 is 10.5 Å². The molecular formula is C19H16N4O3S. The van der Waals surface area contributed by atoms with Gasteiger partial charge in [0, 0.05) is 53.8 Å². The van der Waals surface area contributed by atoms with Gasteiger partial charge in [-0.3, -0.25) is 19.6 Å². The lowest BCUT2D eigenvalue weighted by atomic mass is 9.97. The fourth-order valence-electron chi connectivity index (χ4n) is 3.10. The van der Waals surface area contributed by atoms with Crippen molar-refractivity contribution in [1.29, 1.82) is 0 Å². The van der Waals surface area contributed by atoms with Crippen molar-refractivity contribution in [2.45, 2.75) is 6.42 Å². The molecule has 8 heteroatoms. The van der Waals surface area contributed by atoms with Crippen LogP contribution in [0.2, 0.25) is 0 Å². The maximum atomic E-state index is 12.6. The molecule has 0 radical (unpaired) electrons. The Morgan fingerprint density at radius 3 is 2.70 bits per heavy atom. The highest BCUT2D eigenvalue weighted by molar-refractivity contribution is 7.13. The number of thiazole rings is 1. The summed E-state index contributed by atoms with van der Waals surface area (Å²) in [5.41, 5.74) is 8.34. The van der Waals surface area contributed by atoms with Crippen LogP contribution in [-0.4, -0.2) is 39.9 Å². The largest absolute Gasteiger partial charge is 0.381 e. The monoisotopic (exact) mass is 380 g/mol. The zero-order chi connectivity index (χ0) is 18.8. The number of aromatic nitrogens is 3. The number of primary amides is 1. The summed E-state index contributed by atoms with van der Waals surface area (Å²) in [5.74, 6) is -0.735. The highest BCUT2D eigenvalue weighted by Gasteiger charge is 2.27. The lowest BCUT2D eigenvalue weighted by Gasteiger charge is -2.11. The van der Waals surface area contributed by atoms with Gasteiger partial charge >= 0.3 is 0 Å². The molecule has 1 aliphatic rings. The Bertz CT molecular complexity index is 997. The standard InChI is InChI=1S/C19H16N4O3S/c20-18(25)13-7-22-8-14(16(13)11-1-4-21-5-2-11)19-23-15(10-27-19)17(24)12-3-6-26-9-12/h1-2,4-5,7-8,10,12H,3,6,9H2,(H2,20,25)/t12-/m1/s1. The third kappa shape index (κ3) is 3.36. The van der Waals surface area contributed by atoms with Crippen molar-refractivity contribution in [3.63, 3.8) is 0 Å². The van der Waals surface area contributed by atoms with Crippen LogP contribution in [0.4, 0.5) is 0 Å². The molecule has 1 fully saturated rings. The Labute approximate surface area is 159 Å². The van der Waals surface area contributed by atoms with Gasteiger partial charge in [0.05, 0.1) is 12.2 Å². The van der Waals surface area contributed by atoms with Crippen molar-refractivity contribution in [1.82, 2.24) is 15.0 Å². The molecule has 4 heterocycles. The molecule has 7 nitrogen and oxygen atoms in total. The highest BCUT2D eigenvalue weighted by atomic mass is 32.1. The molecule has 0 aromatic carbocycles. The summed E-state index contributed by atoms with van der Waals surface area (Å²) in [6.07, 6.45) is 7.07. The van der Waals surface area contributed by atoms with Crippen molar-refractivity contribution >= 4 is 23.0 Å². The Morgan fingerprint density at radius 1 is 1.19 bits per heavy atom. The molecule has 3 aromatic rings. The van der Waals surface area contributed by atoms with Crippen LogP contribution in [-0.2, 0) is 4.74 Å². The van der Waals surface area contributed by atoms with Crippen LogP contribution in [0.25, 0.3) is 21.7 Å². The fraction of sp³-hybridized carbons (Fsp3) is 0.211. The zero-order valence-electron chi connectivity index (χ0n) is 14.3. The highest BCUT2D eigenvalue weighted by Crippen LogP contribution is 2.36. The number of carbonyl (C=O) groups is 2. The number of ether oxygens (including phenoxy) is 1. The van der Waals surface area contributed by atoms with Crippen molar-refractivity contribution in [3.8, 4) is 21.7 Å². The van der Waals surface area contributed by atoms with E-state index in [9.17, 15) is 9.59 Å². The number of rotatable bonds is 5. The first-order valence-electron chi connectivity index (χ1n) is 8.41. The van der Waals surface area contributed by atoms with Gasteiger partial charge in [0.1, 0.15) is 10.7 Å². The lowest BCUT2D eigenvalue weighted by molar-refractivity contribution is 0.0895. The third-order valence-corrected chi connectivity index (χ3v) is 5.34. The lowest BCUT2D eigenvalue weighted by Crippen LogP contribution is -2.15. The molecule has 27 heavy (non-hydrogen) atoms. The number of Topliss-reactive ketones (excluding diaryl/α,β-unsaturated/α-hetero) is 1. The number of carbonyl (C=O) groups excluding carboxylic acids is 2. The van der Waals surface area contributed by atoms with E-state index < -0.39 is 5.91 Å². The number of ketones is 1.